The fourth-order valence-corrected chi connectivity index (χ4v) is 4.78. The Kier molecular flexibility index (Phi) is 9.37. The van der Waals surface area contributed by atoms with Crippen LogP contribution in [0, 0.1) is 0 Å². The number of rotatable bonds is 10. The lowest BCUT2D eigenvalue weighted by molar-refractivity contribution is -0.137. The van der Waals surface area contributed by atoms with Crippen LogP contribution in [-0.4, -0.2) is 45.9 Å². The van der Waals surface area contributed by atoms with Crippen LogP contribution in [0.2, 0.25) is 0 Å². The highest BCUT2D eigenvalue weighted by atomic mass is 19.4. The number of nitrogens with one attached hydrogen (secondary N) is 2. The van der Waals surface area contributed by atoms with Crippen molar-refractivity contribution in [3.8, 4) is 0 Å². The molecule has 3 amide bonds. The van der Waals surface area contributed by atoms with E-state index in [0.717, 1.165) is 40.6 Å². The van der Waals surface area contributed by atoms with Gasteiger partial charge in [-0.3, -0.25) is 4.79 Å². The number of hydrogen-bond donors (Lipinski definition) is 2. The maximum Gasteiger partial charge on any atom is 0.416 e. The minimum Gasteiger partial charge on any atom is -0.361 e. The predicted octanol–water partition coefficient (Wildman–Crippen LogP) is 7.26. The molecule has 0 spiro atoms. The molecule has 0 atom stereocenters. The summed E-state index contributed by atoms with van der Waals surface area (Å²) >= 11 is 0. The summed E-state index contributed by atoms with van der Waals surface area (Å²) in [6.07, 6.45) is -1.25. The lowest BCUT2D eigenvalue weighted by Crippen LogP contribution is -2.47. The fourth-order valence-electron chi connectivity index (χ4n) is 4.78. The third-order valence-corrected chi connectivity index (χ3v) is 7.16. The van der Waals surface area contributed by atoms with E-state index < -0.39 is 11.7 Å². The van der Waals surface area contributed by atoms with Crippen LogP contribution in [0.3, 0.4) is 0 Å². The first-order valence-electron chi connectivity index (χ1n) is 13.7. The van der Waals surface area contributed by atoms with Crippen LogP contribution in [-0.2, 0) is 30.4 Å². The van der Waals surface area contributed by atoms with Crippen molar-refractivity contribution in [1.82, 2.24) is 14.8 Å². The molecule has 0 saturated heterocycles. The minimum atomic E-state index is -4.44. The molecule has 1 heterocycles. The Morgan fingerprint density at radius 2 is 1.61 bits per heavy atom. The number of carbonyl (C=O) groups is 2. The standard InChI is InChI=1S/C32H35F3N4O2/c1-4-24-9-5-7-11-28(24)37-31(41)39(22(2)3)21-30(40)38(20-23-13-15-26(16-14-23)32(33,34)35)18-17-25-19-36-29-12-8-6-10-27(25)29/h5-16,19,22,36H,4,17-18,20-21H2,1-3H3,(H,37,41). The topological polar surface area (TPSA) is 68.4 Å². The van der Waals surface area contributed by atoms with Crippen LogP contribution in [0.15, 0.2) is 79.0 Å². The highest BCUT2D eigenvalue weighted by Gasteiger charge is 2.30. The second kappa shape index (κ2) is 12.9. The molecule has 4 rings (SSSR count). The molecule has 0 unspecified atom stereocenters. The molecule has 1 aromatic heterocycles. The number of anilines is 1. The number of hydrogen-bond acceptors (Lipinski definition) is 2. The summed E-state index contributed by atoms with van der Waals surface area (Å²) in [5, 5.41) is 3.99. The van der Waals surface area contributed by atoms with E-state index >= 15 is 0 Å². The molecule has 41 heavy (non-hydrogen) atoms. The highest BCUT2D eigenvalue weighted by molar-refractivity contribution is 5.93. The Bertz CT molecular complexity index is 1480. The van der Waals surface area contributed by atoms with Gasteiger partial charge in [-0.2, -0.15) is 13.2 Å². The van der Waals surface area contributed by atoms with Crippen LogP contribution in [0.1, 0.15) is 43.0 Å². The monoisotopic (exact) mass is 564 g/mol. The number of para-hydroxylation sites is 2. The van der Waals surface area contributed by atoms with Crippen molar-refractivity contribution >= 4 is 28.5 Å². The van der Waals surface area contributed by atoms with Crippen LogP contribution < -0.4 is 5.32 Å². The summed E-state index contributed by atoms with van der Waals surface area (Å²) in [7, 11) is 0. The fraction of sp³-hybridized carbons (Fsp3) is 0.312. The number of aromatic nitrogens is 1. The predicted molar refractivity (Wildman–Crippen MR) is 156 cm³/mol. The van der Waals surface area contributed by atoms with Gasteiger partial charge in [0.15, 0.2) is 0 Å². The average molecular weight is 565 g/mol. The number of aromatic amines is 1. The average Bonchev–Trinajstić information content (AvgIpc) is 3.36. The van der Waals surface area contributed by atoms with Crippen LogP contribution >= 0.6 is 0 Å². The van der Waals surface area contributed by atoms with Gasteiger partial charge in [0.25, 0.3) is 0 Å². The molecule has 0 fully saturated rings. The Morgan fingerprint density at radius 3 is 2.29 bits per heavy atom. The van der Waals surface area contributed by atoms with Gasteiger partial charge in [0.2, 0.25) is 5.91 Å². The van der Waals surface area contributed by atoms with Gasteiger partial charge in [0.05, 0.1) is 5.56 Å². The Balaban J connectivity index is 1.54. The molecule has 0 aliphatic heterocycles. The quantitative estimate of drug-likeness (QED) is 0.213. The van der Waals surface area contributed by atoms with Crippen LogP contribution in [0.25, 0.3) is 10.9 Å². The SMILES string of the molecule is CCc1ccccc1NC(=O)N(CC(=O)N(CCc1c[nH]c2ccccc12)Cc1ccc(C(F)(F)F)cc1)C(C)C. The molecular weight excluding hydrogens is 529 g/mol. The van der Waals surface area contributed by atoms with E-state index in [0.29, 0.717) is 24.2 Å². The molecule has 6 nitrogen and oxygen atoms in total. The van der Waals surface area contributed by atoms with Crippen molar-refractivity contribution in [2.45, 2.75) is 52.4 Å². The zero-order valence-corrected chi connectivity index (χ0v) is 23.5. The molecule has 0 aliphatic carbocycles. The van der Waals surface area contributed by atoms with Crippen LogP contribution in [0.5, 0.6) is 0 Å². The summed E-state index contributed by atoms with van der Waals surface area (Å²) in [6, 6.07) is 19.6. The maximum absolute atomic E-state index is 13.7. The van der Waals surface area contributed by atoms with Crippen LogP contribution in [0.4, 0.5) is 23.7 Å². The van der Waals surface area contributed by atoms with Crippen molar-refractivity contribution in [2.24, 2.45) is 0 Å². The number of fused-ring (bicyclic) bond motifs is 1. The second-order valence-electron chi connectivity index (χ2n) is 10.3. The minimum absolute atomic E-state index is 0.117. The Morgan fingerprint density at radius 1 is 0.927 bits per heavy atom. The van der Waals surface area contributed by atoms with Gasteiger partial charge in [-0.15, -0.1) is 0 Å². The molecule has 216 valence electrons. The Hall–Kier alpha value is -4.27. The molecule has 2 N–H and O–H groups in total. The molecular formula is C32H35F3N4O2. The lowest BCUT2D eigenvalue weighted by atomic mass is 10.1. The first kappa shape index (κ1) is 29.7. The number of benzene rings is 3. The van der Waals surface area contributed by atoms with Gasteiger partial charge in [-0.05, 0) is 67.6 Å². The summed E-state index contributed by atoms with van der Waals surface area (Å²) < 4.78 is 39.3. The van der Waals surface area contributed by atoms with Crippen molar-refractivity contribution in [3.05, 3.63) is 101 Å². The number of alkyl halides is 3. The zero-order valence-electron chi connectivity index (χ0n) is 23.5. The second-order valence-corrected chi connectivity index (χ2v) is 10.3. The summed E-state index contributed by atoms with van der Waals surface area (Å²) in [5.74, 6) is -0.294. The molecule has 3 aromatic carbocycles. The van der Waals surface area contributed by atoms with Crippen molar-refractivity contribution in [1.29, 1.82) is 0 Å². The lowest BCUT2D eigenvalue weighted by Gasteiger charge is -2.30. The molecule has 4 aromatic rings. The summed E-state index contributed by atoms with van der Waals surface area (Å²) in [6.45, 7) is 5.95. The largest absolute Gasteiger partial charge is 0.416 e. The smallest absolute Gasteiger partial charge is 0.361 e. The Labute approximate surface area is 238 Å². The third-order valence-electron chi connectivity index (χ3n) is 7.16. The first-order valence-corrected chi connectivity index (χ1v) is 13.7. The normalized spacial score (nSPS) is 11.6. The zero-order chi connectivity index (χ0) is 29.6. The van der Waals surface area contributed by atoms with E-state index in [1.54, 1.807) is 4.90 Å². The van der Waals surface area contributed by atoms with E-state index in [9.17, 15) is 22.8 Å². The summed E-state index contributed by atoms with van der Waals surface area (Å²) in [5.41, 5.74) is 3.52. The molecule has 0 saturated carbocycles. The highest BCUT2D eigenvalue weighted by Crippen LogP contribution is 2.29. The van der Waals surface area contributed by atoms with Gasteiger partial charge in [-0.25, -0.2) is 4.79 Å². The van der Waals surface area contributed by atoms with E-state index in [4.69, 9.17) is 0 Å². The molecule has 0 aliphatic rings. The maximum atomic E-state index is 13.7. The molecule has 9 heteroatoms. The van der Waals surface area contributed by atoms with Gasteiger partial charge in [0, 0.05) is 41.9 Å². The number of halogens is 3. The van der Waals surface area contributed by atoms with Crippen molar-refractivity contribution in [2.75, 3.05) is 18.4 Å². The number of nitrogens with zero attached hydrogens (tertiary/aromatic N) is 2. The number of carbonyl (C=O) groups excluding carboxylic acids is 2. The number of H-pyrrole nitrogens is 1. The van der Waals surface area contributed by atoms with Gasteiger partial charge in [-0.1, -0.05) is 55.5 Å². The summed E-state index contributed by atoms with van der Waals surface area (Å²) in [4.78, 5) is 33.3. The van der Waals surface area contributed by atoms with Crippen molar-refractivity contribution < 1.29 is 22.8 Å². The van der Waals surface area contributed by atoms with E-state index in [-0.39, 0.29) is 31.1 Å². The number of urea groups is 1. The van der Waals surface area contributed by atoms with E-state index in [2.05, 4.69) is 10.3 Å². The van der Waals surface area contributed by atoms with Gasteiger partial charge >= 0.3 is 12.2 Å². The van der Waals surface area contributed by atoms with Gasteiger partial charge in [0.1, 0.15) is 6.54 Å². The van der Waals surface area contributed by atoms with Crippen molar-refractivity contribution in [3.63, 3.8) is 0 Å². The third kappa shape index (κ3) is 7.48. The molecule has 0 radical (unpaired) electrons. The molecule has 0 bridgehead atoms. The first-order chi connectivity index (χ1) is 19.6. The van der Waals surface area contributed by atoms with Gasteiger partial charge < -0.3 is 20.1 Å². The van der Waals surface area contributed by atoms with E-state index in [1.807, 2.05) is 75.5 Å². The number of amides is 3. The van der Waals surface area contributed by atoms with E-state index in [1.165, 1.54) is 17.0 Å². The number of aryl methyl sites for hydroxylation is 1.